The van der Waals surface area contributed by atoms with Gasteiger partial charge in [-0.25, -0.2) is 0 Å². The molecule has 3 nitrogen and oxygen atoms in total. The lowest BCUT2D eigenvalue weighted by Gasteiger charge is -2.16. The Labute approximate surface area is 103 Å². The topological polar surface area (TPSA) is 28.2 Å². The minimum absolute atomic E-state index is 0.975. The highest BCUT2D eigenvalue weighted by molar-refractivity contribution is 5.42. The molecule has 3 rings (SSSR count). The van der Waals surface area contributed by atoms with Crippen LogP contribution in [0.2, 0.25) is 0 Å². The van der Waals surface area contributed by atoms with Crippen LogP contribution >= 0.6 is 0 Å². The van der Waals surface area contributed by atoms with Gasteiger partial charge in [0.1, 0.15) is 0 Å². The average molecular weight is 231 g/mol. The van der Waals surface area contributed by atoms with Crippen LogP contribution in [-0.4, -0.2) is 30.0 Å². The van der Waals surface area contributed by atoms with E-state index in [1.54, 1.807) is 0 Å². The lowest BCUT2D eigenvalue weighted by Crippen LogP contribution is -2.21. The molecule has 0 amide bonds. The normalized spacial score (nSPS) is 28.3. The van der Waals surface area contributed by atoms with Crippen molar-refractivity contribution in [3.05, 3.63) is 24.0 Å². The van der Waals surface area contributed by atoms with Gasteiger partial charge in [-0.2, -0.15) is 0 Å². The summed E-state index contributed by atoms with van der Waals surface area (Å²) in [5, 5.41) is 3.17. The number of hydrogen-bond donors (Lipinski definition) is 1. The largest absolute Gasteiger partial charge is 0.388 e. The van der Waals surface area contributed by atoms with Crippen LogP contribution in [0.15, 0.2) is 18.3 Å². The molecule has 3 heteroatoms. The number of rotatable bonds is 3. The van der Waals surface area contributed by atoms with E-state index in [1.807, 2.05) is 19.3 Å². The zero-order chi connectivity index (χ0) is 11.7. The molecule has 2 aliphatic rings. The predicted octanol–water partition coefficient (Wildman–Crippen LogP) is 2.36. The zero-order valence-electron chi connectivity index (χ0n) is 10.5. The van der Waals surface area contributed by atoms with Crippen molar-refractivity contribution in [2.24, 2.45) is 11.8 Å². The van der Waals surface area contributed by atoms with Crippen molar-refractivity contribution in [3.8, 4) is 0 Å². The quantitative estimate of drug-likeness (QED) is 0.865. The number of fused-ring (bicyclic) bond motifs is 1. The molecule has 0 bridgehead atoms. The predicted molar refractivity (Wildman–Crippen MR) is 69.9 cm³/mol. The Bertz CT molecular complexity index is 379. The van der Waals surface area contributed by atoms with Gasteiger partial charge in [0.15, 0.2) is 0 Å². The number of pyridine rings is 1. The molecule has 2 heterocycles. The van der Waals surface area contributed by atoms with Crippen LogP contribution in [0, 0.1) is 11.8 Å². The number of nitrogens with zero attached hydrogens (tertiary/aromatic N) is 2. The van der Waals surface area contributed by atoms with E-state index in [9.17, 15) is 0 Å². The average Bonchev–Trinajstić information content (AvgIpc) is 2.90. The number of hydrogen-bond acceptors (Lipinski definition) is 3. The second-order valence-electron chi connectivity index (χ2n) is 5.43. The highest BCUT2D eigenvalue weighted by Gasteiger charge is 2.35. The third kappa shape index (κ3) is 2.29. The smallest absolute Gasteiger partial charge is 0.0564 e. The summed E-state index contributed by atoms with van der Waals surface area (Å²) in [6.45, 7) is 3.59. The Kier molecular flexibility index (Phi) is 3.02. The highest BCUT2D eigenvalue weighted by atomic mass is 15.2. The van der Waals surface area contributed by atoms with Gasteiger partial charge in [0.2, 0.25) is 0 Å². The molecule has 17 heavy (non-hydrogen) atoms. The van der Waals surface area contributed by atoms with E-state index < -0.39 is 0 Å². The maximum absolute atomic E-state index is 4.46. The first-order chi connectivity index (χ1) is 8.35. The molecule has 1 aliphatic heterocycles. The second kappa shape index (κ2) is 4.65. The molecule has 92 valence electrons. The van der Waals surface area contributed by atoms with Crippen LogP contribution in [0.4, 0.5) is 5.69 Å². The van der Waals surface area contributed by atoms with Crippen LogP contribution < -0.4 is 5.32 Å². The summed E-state index contributed by atoms with van der Waals surface area (Å²) in [5.41, 5.74) is 2.35. The SMILES string of the molecule is CNc1ccnc(CN2CC3CCCC3C2)c1. The number of likely N-dealkylation sites (tertiary alicyclic amines) is 1. The Hall–Kier alpha value is -1.09. The third-order valence-electron chi connectivity index (χ3n) is 4.29. The van der Waals surface area contributed by atoms with E-state index in [0.717, 1.165) is 24.1 Å². The molecule has 1 saturated heterocycles. The second-order valence-corrected chi connectivity index (χ2v) is 5.43. The molecule has 2 unspecified atom stereocenters. The molecule has 0 aromatic carbocycles. The summed E-state index contributed by atoms with van der Waals surface area (Å²) in [7, 11) is 1.96. The van der Waals surface area contributed by atoms with Gasteiger partial charge in [-0.1, -0.05) is 6.42 Å². The molecule has 1 aromatic rings. The minimum atomic E-state index is 0.975. The number of aromatic nitrogens is 1. The summed E-state index contributed by atoms with van der Waals surface area (Å²) < 4.78 is 0. The van der Waals surface area contributed by atoms with E-state index in [0.29, 0.717) is 0 Å². The van der Waals surface area contributed by atoms with E-state index in [1.165, 1.54) is 38.0 Å². The number of nitrogens with one attached hydrogen (secondary N) is 1. The molecule has 1 N–H and O–H groups in total. The molecule has 0 radical (unpaired) electrons. The lowest BCUT2D eigenvalue weighted by molar-refractivity contribution is 0.300. The molecule has 1 aromatic heterocycles. The summed E-state index contributed by atoms with van der Waals surface area (Å²) in [6, 6.07) is 4.18. The van der Waals surface area contributed by atoms with Gasteiger partial charge < -0.3 is 5.32 Å². The fourth-order valence-corrected chi connectivity index (χ4v) is 3.41. The van der Waals surface area contributed by atoms with Gasteiger partial charge >= 0.3 is 0 Å². The zero-order valence-corrected chi connectivity index (χ0v) is 10.5. The minimum Gasteiger partial charge on any atom is -0.388 e. The lowest BCUT2D eigenvalue weighted by atomic mass is 10.0. The van der Waals surface area contributed by atoms with E-state index in [2.05, 4.69) is 21.3 Å². The van der Waals surface area contributed by atoms with Crippen LogP contribution in [-0.2, 0) is 6.54 Å². The summed E-state index contributed by atoms with van der Waals surface area (Å²) in [6.07, 6.45) is 6.25. The molecular weight excluding hydrogens is 210 g/mol. The summed E-state index contributed by atoms with van der Waals surface area (Å²) in [5.74, 6) is 1.95. The van der Waals surface area contributed by atoms with Crippen molar-refractivity contribution >= 4 is 5.69 Å². The summed E-state index contributed by atoms with van der Waals surface area (Å²) in [4.78, 5) is 7.04. The van der Waals surface area contributed by atoms with Crippen molar-refractivity contribution < 1.29 is 0 Å². The van der Waals surface area contributed by atoms with Gasteiger partial charge in [0.25, 0.3) is 0 Å². The summed E-state index contributed by atoms with van der Waals surface area (Å²) >= 11 is 0. The Balaban J connectivity index is 1.63. The van der Waals surface area contributed by atoms with Crippen molar-refractivity contribution in [2.45, 2.75) is 25.8 Å². The standard InChI is InChI=1S/C14H21N3/c1-15-13-5-6-16-14(7-13)10-17-8-11-3-2-4-12(11)9-17/h5-7,11-12H,2-4,8-10H2,1H3,(H,15,16). The molecular formula is C14H21N3. The Morgan fingerprint density at radius 1 is 1.35 bits per heavy atom. The van der Waals surface area contributed by atoms with Gasteiger partial charge in [-0.3, -0.25) is 9.88 Å². The number of anilines is 1. The fourth-order valence-electron chi connectivity index (χ4n) is 3.41. The maximum Gasteiger partial charge on any atom is 0.0564 e. The first kappa shape index (κ1) is 11.0. The van der Waals surface area contributed by atoms with E-state index in [4.69, 9.17) is 0 Å². The fraction of sp³-hybridized carbons (Fsp3) is 0.643. The van der Waals surface area contributed by atoms with Crippen LogP contribution in [0.3, 0.4) is 0 Å². The van der Waals surface area contributed by atoms with Crippen LogP contribution in [0.25, 0.3) is 0 Å². The van der Waals surface area contributed by atoms with Crippen molar-refractivity contribution in [2.75, 3.05) is 25.5 Å². The van der Waals surface area contributed by atoms with Crippen molar-refractivity contribution in [1.82, 2.24) is 9.88 Å². The molecule has 2 atom stereocenters. The van der Waals surface area contributed by atoms with Crippen LogP contribution in [0.1, 0.15) is 25.0 Å². The Morgan fingerprint density at radius 2 is 2.12 bits per heavy atom. The highest BCUT2D eigenvalue weighted by Crippen LogP contribution is 2.38. The molecule has 2 fully saturated rings. The van der Waals surface area contributed by atoms with Gasteiger partial charge in [0.05, 0.1) is 5.69 Å². The van der Waals surface area contributed by atoms with Crippen molar-refractivity contribution in [3.63, 3.8) is 0 Å². The van der Waals surface area contributed by atoms with E-state index in [-0.39, 0.29) is 0 Å². The molecule has 0 spiro atoms. The molecule has 1 aliphatic carbocycles. The first-order valence-electron chi connectivity index (χ1n) is 6.70. The Morgan fingerprint density at radius 3 is 2.82 bits per heavy atom. The van der Waals surface area contributed by atoms with E-state index >= 15 is 0 Å². The van der Waals surface area contributed by atoms with Gasteiger partial charge in [-0.05, 0) is 36.8 Å². The van der Waals surface area contributed by atoms with Crippen LogP contribution in [0.5, 0.6) is 0 Å². The van der Waals surface area contributed by atoms with Gasteiger partial charge in [0, 0.05) is 38.6 Å². The maximum atomic E-state index is 4.46. The molecule has 1 saturated carbocycles. The monoisotopic (exact) mass is 231 g/mol. The van der Waals surface area contributed by atoms with Crippen molar-refractivity contribution in [1.29, 1.82) is 0 Å². The van der Waals surface area contributed by atoms with Gasteiger partial charge in [-0.15, -0.1) is 0 Å². The third-order valence-corrected chi connectivity index (χ3v) is 4.29. The first-order valence-corrected chi connectivity index (χ1v) is 6.70.